The minimum absolute atomic E-state index is 0.237. The number of benzene rings is 2. The average Bonchev–Trinajstić information content (AvgIpc) is 3.15. The van der Waals surface area contributed by atoms with Crippen LogP contribution in [-0.4, -0.2) is 24.3 Å². The summed E-state index contributed by atoms with van der Waals surface area (Å²) in [6.45, 7) is 1.95. The zero-order chi connectivity index (χ0) is 18.5. The molecule has 0 spiro atoms. The maximum Gasteiger partial charge on any atom is 0.336 e. The fourth-order valence-corrected chi connectivity index (χ4v) is 3.47. The Bertz CT molecular complexity index is 782. The lowest BCUT2D eigenvalue weighted by molar-refractivity contribution is 0.0696. The van der Waals surface area contributed by atoms with E-state index in [1.807, 2.05) is 31.2 Å². The van der Waals surface area contributed by atoms with Gasteiger partial charge in [0.1, 0.15) is 0 Å². The van der Waals surface area contributed by atoms with Crippen LogP contribution in [-0.2, 0) is 6.42 Å². The van der Waals surface area contributed by atoms with Crippen LogP contribution >= 0.6 is 0 Å². The van der Waals surface area contributed by atoms with E-state index in [9.17, 15) is 9.90 Å². The Kier molecular flexibility index (Phi) is 5.66. The molecule has 26 heavy (non-hydrogen) atoms. The lowest BCUT2D eigenvalue weighted by Gasteiger charge is -2.18. The number of rotatable bonds is 7. The Hall–Kier alpha value is -2.69. The summed E-state index contributed by atoms with van der Waals surface area (Å²) >= 11 is 0. The normalized spacial score (nSPS) is 14.2. The first-order valence-corrected chi connectivity index (χ1v) is 9.09. The lowest BCUT2D eigenvalue weighted by atomic mass is 10.0. The van der Waals surface area contributed by atoms with E-state index in [4.69, 9.17) is 9.47 Å². The number of anilines is 2. The third kappa shape index (κ3) is 3.93. The van der Waals surface area contributed by atoms with Gasteiger partial charge in [-0.25, -0.2) is 4.79 Å². The van der Waals surface area contributed by atoms with Crippen LogP contribution in [0.2, 0.25) is 0 Å². The molecule has 2 aromatic rings. The van der Waals surface area contributed by atoms with Gasteiger partial charge in [0.25, 0.3) is 0 Å². The molecule has 1 aliphatic rings. The SMILES string of the molecule is CCc1c(Nc2ccc(OC)c(OC3CCCC3)c2)cccc1C(=O)O. The molecule has 2 N–H and O–H groups in total. The fraction of sp³-hybridized carbons (Fsp3) is 0.381. The summed E-state index contributed by atoms with van der Waals surface area (Å²) in [5, 5.41) is 12.7. The van der Waals surface area contributed by atoms with Crippen LogP contribution in [0.1, 0.15) is 48.5 Å². The second kappa shape index (κ2) is 8.13. The zero-order valence-electron chi connectivity index (χ0n) is 15.2. The Morgan fingerprint density at radius 1 is 1.19 bits per heavy atom. The molecule has 1 aliphatic carbocycles. The molecule has 1 saturated carbocycles. The summed E-state index contributed by atoms with van der Waals surface area (Å²) in [5.41, 5.74) is 2.75. The highest BCUT2D eigenvalue weighted by Gasteiger charge is 2.19. The molecule has 5 nitrogen and oxygen atoms in total. The number of carbonyl (C=O) groups is 1. The third-order valence-electron chi connectivity index (χ3n) is 4.80. The van der Waals surface area contributed by atoms with Crippen molar-refractivity contribution in [3.8, 4) is 11.5 Å². The van der Waals surface area contributed by atoms with Crippen LogP contribution in [0.4, 0.5) is 11.4 Å². The largest absolute Gasteiger partial charge is 0.493 e. The van der Waals surface area contributed by atoms with Crippen molar-refractivity contribution in [2.75, 3.05) is 12.4 Å². The Morgan fingerprint density at radius 3 is 2.62 bits per heavy atom. The van der Waals surface area contributed by atoms with Gasteiger partial charge in [-0.15, -0.1) is 0 Å². The Balaban J connectivity index is 1.88. The van der Waals surface area contributed by atoms with Gasteiger partial charge in [0, 0.05) is 17.4 Å². The van der Waals surface area contributed by atoms with Crippen LogP contribution in [0.15, 0.2) is 36.4 Å². The van der Waals surface area contributed by atoms with E-state index in [-0.39, 0.29) is 6.10 Å². The van der Waals surface area contributed by atoms with Gasteiger partial charge in [-0.05, 0) is 61.9 Å². The van der Waals surface area contributed by atoms with E-state index in [2.05, 4.69) is 5.32 Å². The van der Waals surface area contributed by atoms with Crippen LogP contribution in [0, 0.1) is 0 Å². The second-order valence-corrected chi connectivity index (χ2v) is 6.51. The molecule has 0 radical (unpaired) electrons. The first-order chi connectivity index (χ1) is 12.6. The first kappa shape index (κ1) is 18.1. The molecule has 0 aliphatic heterocycles. The molecule has 138 valence electrons. The van der Waals surface area contributed by atoms with Gasteiger partial charge in [0.05, 0.1) is 18.8 Å². The van der Waals surface area contributed by atoms with Gasteiger partial charge in [-0.3, -0.25) is 0 Å². The van der Waals surface area contributed by atoms with Gasteiger partial charge in [0.2, 0.25) is 0 Å². The number of carboxylic acid groups (broad SMARTS) is 1. The highest BCUT2D eigenvalue weighted by Crippen LogP contribution is 2.35. The summed E-state index contributed by atoms with van der Waals surface area (Å²) in [6, 6.07) is 11.0. The molecule has 0 aromatic heterocycles. The number of hydrogen-bond acceptors (Lipinski definition) is 4. The molecule has 0 atom stereocenters. The van der Waals surface area contributed by atoms with Gasteiger partial charge in [-0.1, -0.05) is 13.0 Å². The average molecular weight is 355 g/mol. The van der Waals surface area contributed by atoms with Crippen LogP contribution < -0.4 is 14.8 Å². The van der Waals surface area contributed by atoms with E-state index >= 15 is 0 Å². The summed E-state index contributed by atoms with van der Waals surface area (Å²) in [7, 11) is 1.63. The van der Waals surface area contributed by atoms with Crippen molar-refractivity contribution < 1.29 is 19.4 Å². The van der Waals surface area contributed by atoms with Crippen molar-refractivity contribution in [1.29, 1.82) is 0 Å². The van der Waals surface area contributed by atoms with Gasteiger partial charge < -0.3 is 19.9 Å². The molecule has 0 unspecified atom stereocenters. The van der Waals surface area contributed by atoms with E-state index in [1.54, 1.807) is 19.2 Å². The van der Waals surface area contributed by atoms with Crippen LogP contribution in [0.3, 0.4) is 0 Å². The van der Waals surface area contributed by atoms with Crippen molar-refractivity contribution in [1.82, 2.24) is 0 Å². The molecular weight excluding hydrogens is 330 g/mol. The third-order valence-corrected chi connectivity index (χ3v) is 4.80. The van der Waals surface area contributed by atoms with Crippen molar-refractivity contribution >= 4 is 17.3 Å². The van der Waals surface area contributed by atoms with E-state index in [0.29, 0.717) is 17.7 Å². The summed E-state index contributed by atoms with van der Waals surface area (Å²) in [4.78, 5) is 11.5. The van der Waals surface area contributed by atoms with Crippen LogP contribution in [0.25, 0.3) is 0 Å². The first-order valence-electron chi connectivity index (χ1n) is 9.09. The maximum absolute atomic E-state index is 11.5. The lowest BCUT2D eigenvalue weighted by Crippen LogP contribution is -2.11. The molecule has 0 bridgehead atoms. The quantitative estimate of drug-likeness (QED) is 0.730. The molecule has 2 aromatic carbocycles. The molecule has 3 rings (SSSR count). The number of methoxy groups -OCH3 is 1. The predicted molar refractivity (Wildman–Crippen MR) is 102 cm³/mol. The van der Waals surface area contributed by atoms with E-state index in [0.717, 1.165) is 35.5 Å². The molecular formula is C21H25NO4. The molecule has 0 heterocycles. The van der Waals surface area contributed by atoms with Crippen molar-refractivity contribution in [2.24, 2.45) is 0 Å². The van der Waals surface area contributed by atoms with Gasteiger partial charge in [-0.2, -0.15) is 0 Å². The number of nitrogens with one attached hydrogen (secondary N) is 1. The second-order valence-electron chi connectivity index (χ2n) is 6.51. The number of ether oxygens (including phenoxy) is 2. The smallest absolute Gasteiger partial charge is 0.336 e. The summed E-state index contributed by atoms with van der Waals surface area (Å²) < 4.78 is 11.6. The summed E-state index contributed by atoms with van der Waals surface area (Å²) in [5.74, 6) is 0.514. The standard InChI is InChI=1S/C21H25NO4/c1-3-16-17(21(23)24)9-6-10-18(16)22-14-11-12-19(25-2)20(13-14)26-15-7-4-5-8-15/h6,9-13,15,22H,3-5,7-8H2,1-2H3,(H,23,24). The highest BCUT2D eigenvalue weighted by molar-refractivity contribution is 5.91. The predicted octanol–water partition coefficient (Wildman–Crippen LogP) is 5.02. The molecule has 0 amide bonds. The van der Waals surface area contributed by atoms with E-state index in [1.165, 1.54) is 12.8 Å². The molecule has 0 saturated heterocycles. The number of carboxylic acids is 1. The minimum atomic E-state index is -0.912. The monoisotopic (exact) mass is 355 g/mol. The fourth-order valence-electron chi connectivity index (χ4n) is 3.47. The molecule has 1 fully saturated rings. The van der Waals surface area contributed by atoms with Gasteiger partial charge >= 0.3 is 5.97 Å². The van der Waals surface area contributed by atoms with Gasteiger partial charge in [0.15, 0.2) is 11.5 Å². The van der Waals surface area contributed by atoms with Crippen molar-refractivity contribution in [3.05, 3.63) is 47.5 Å². The summed E-state index contributed by atoms with van der Waals surface area (Å²) in [6.07, 6.45) is 5.41. The minimum Gasteiger partial charge on any atom is -0.493 e. The maximum atomic E-state index is 11.5. The molecule has 5 heteroatoms. The number of aromatic carboxylic acids is 1. The van der Waals surface area contributed by atoms with Crippen molar-refractivity contribution in [2.45, 2.75) is 45.1 Å². The topological polar surface area (TPSA) is 67.8 Å². The zero-order valence-corrected chi connectivity index (χ0v) is 15.2. The van der Waals surface area contributed by atoms with E-state index < -0.39 is 5.97 Å². The van der Waals surface area contributed by atoms with Crippen LogP contribution in [0.5, 0.6) is 11.5 Å². The number of hydrogen-bond donors (Lipinski definition) is 2. The Morgan fingerprint density at radius 2 is 1.96 bits per heavy atom. The Labute approximate surface area is 153 Å². The highest BCUT2D eigenvalue weighted by atomic mass is 16.5. The van der Waals surface area contributed by atoms with Crippen molar-refractivity contribution in [3.63, 3.8) is 0 Å².